The number of nitrogens with one attached hydrogen (secondary N) is 1. The quantitative estimate of drug-likeness (QED) is 0.467. The molecule has 0 saturated heterocycles. The minimum atomic E-state index is -0.611. The van der Waals surface area contributed by atoms with Crippen molar-refractivity contribution in [3.05, 3.63) is 87.8 Å². The summed E-state index contributed by atoms with van der Waals surface area (Å²) in [5.41, 5.74) is 4.71. The van der Waals surface area contributed by atoms with Crippen molar-refractivity contribution in [2.45, 2.75) is 26.2 Å². The van der Waals surface area contributed by atoms with Gasteiger partial charge < -0.3 is 5.32 Å². The molecule has 1 heterocycles. The second-order valence-corrected chi connectivity index (χ2v) is 8.59. The van der Waals surface area contributed by atoms with Gasteiger partial charge in [-0.3, -0.25) is 9.59 Å². The largest absolute Gasteiger partial charge is 1.00 e. The maximum atomic E-state index is 13.4. The van der Waals surface area contributed by atoms with E-state index in [1.165, 1.54) is 46.4 Å². The average molecular weight is 473 g/mol. The Labute approximate surface area is 222 Å². The van der Waals surface area contributed by atoms with Crippen LogP contribution in [-0.2, 0) is 4.79 Å². The van der Waals surface area contributed by atoms with Gasteiger partial charge in [0.25, 0.3) is 0 Å². The molecule has 6 rings (SSSR count). The molecule has 1 unspecified atom stereocenters. The maximum absolute atomic E-state index is 13.4. The van der Waals surface area contributed by atoms with E-state index in [2.05, 4.69) is 46.7 Å². The summed E-state index contributed by atoms with van der Waals surface area (Å²) >= 11 is 1.29. The summed E-state index contributed by atoms with van der Waals surface area (Å²) in [6.07, 6.45) is 0.683. The number of hydrogen-bond acceptors (Lipinski definition) is 4. The molecule has 6 heteroatoms. The summed E-state index contributed by atoms with van der Waals surface area (Å²) in [6, 6.07) is 16.8. The van der Waals surface area contributed by atoms with Crippen molar-refractivity contribution in [3.8, 4) is 0 Å². The molecule has 3 aliphatic carbocycles. The molecular weight excluding hydrogens is 454 g/mol. The van der Waals surface area contributed by atoms with E-state index in [0.717, 1.165) is 0 Å². The second-order valence-electron chi connectivity index (χ2n) is 7.73. The summed E-state index contributed by atoms with van der Waals surface area (Å²) in [4.78, 5) is 29.2. The number of rotatable bonds is 3. The summed E-state index contributed by atoms with van der Waals surface area (Å²) < 4.78 is 0. The Balaban J connectivity index is 0.00000205. The van der Waals surface area contributed by atoms with Crippen molar-refractivity contribution in [3.63, 3.8) is 0 Å². The number of aromatic nitrogens is 1. The van der Waals surface area contributed by atoms with E-state index in [1.54, 1.807) is 5.38 Å². The SMILES string of the molecule is CC(=O)c1csc(NC(=O)C2(C)C[C-]3c4ccccc4C2c2ccccc23)n1.[Rb+]. The van der Waals surface area contributed by atoms with Crippen molar-refractivity contribution in [2.75, 3.05) is 5.32 Å². The fourth-order valence-corrected chi connectivity index (χ4v) is 5.39. The van der Waals surface area contributed by atoms with Crippen molar-refractivity contribution in [1.29, 1.82) is 0 Å². The number of benzene rings is 2. The van der Waals surface area contributed by atoms with Crippen LogP contribution in [0.4, 0.5) is 5.13 Å². The van der Waals surface area contributed by atoms with E-state index < -0.39 is 5.41 Å². The molecular formula is C23H19N2O2RbS. The third kappa shape index (κ3) is 3.31. The number of anilines is 1. The summed E-state index contributed by atoms with van der Waals surface area (Å²) in [5.74, 6) is 1.07. The van der Waals surface area contributed by atoms with Crippen LogP contribution in [0.3, 0.4) is 0 Å². The maximum Gasteiger partial charge on any atom is 1.00 e. The number of Topliss-reactive ketones (excluding diaryl/α,β-unsaturated/α-hetero) is 1. The fourth-order valence-electron chi connectivity index (χ4n) is 4.65. The molecule has 1 amide bonds. The van der Waals surface area contributed by atoms with E-state index in [1.807, 2.05) is 19.1 Å². The number of amides is 1. The van der Waals surface area contributed by atoms with Crippen LogP contribution in [0.2, 0.25) is 0 Å². The number of carbonyl (C=O) groups excluding carboxylic acids is 2. The zero-order chi connectivity index (χ0) is 19.5. The van der Waals surface area contributed by atoms with E-state index in [0.29, 0.717) is 17.2 Å². The van der Waals surface area contributed by atoms with Gasteiger partial charge in [0, 0.05) is 17.7 Å². The molecule has 140 valence electrons. The predicted molar refractivity (Wildman–Crippen MR) is 110 cm³/mol. The van der Waals surface area contributed by atoms with Crippen molar-refractivity contribution in [2.24, 2.45) is 5.41 Å². The molecule has 1 N–H and O–H groups in total. The monoisotopic (exact) mass is 472 g/mol. The number of fused-ring (bicyclic) bond motifs is 1. The standard InChI is InChI=1S/C23H19N2O2S.Rb/c1-13(26)19-12-28-22(24-19)25-21(27)23(2)11-18-14-7-3-5-9-16(14)20(23)17-10-6-4-8-15(17)18;/h3-10,12,20H,11H2,1-2H3,(H,24,25,27);/q-1;+1. The molecule has 3 aliphatic rings. The van der Waals surface area contributed by atoms with Crippen LogP contribution in [0, 0.1) is 11.3 Å². The van der Waals surface area contributed by atoms with Crippen LogP contribution in [0.25, 0.3) is 0 Å². The Kier molecular flexibility index (Phi) is 5.72. The van der Waals surface area contributed by atoms with Gasteiger partial charge in [0.1, 0.15) is 5.69 Å². The first-order valence-corrected chi connectivity index (χ1v) is 10.2. The summed E-state index contributed by atoms with van der Waals surface area (Å²) in [7, 11) is 0. The van der Waals surface area contributed by atoms with Gasteiger partial charge in [-0.2, -0.15) is 0 Å². The van der Waals surface area contributed by atoms with Crippen LogP contribution in [0.1, 0.15) is 58.9 Å². The molecule has 0 fully saturated rings. The van der Waals surface area contributed by atoms with E-state index in [9.17, 15) is 9.59 Å². The van der Waals surface area contributed by atoms with Crippen LogP contribution in [0.5, 0.6) is 0 Å². The van der Waals surface area contributed by atoms with Gasteiger partial charge in [0.05, 0.1) is 0 Å². The van der Waals surface area contributed by atoms with Crippen molar-refractivity contribution < 1.29 is 67.8 Å². The normalized spacial score (nSPS) is 21.0. The Hall–Kier alpha value is -1.11. The van der Waals surface area contributed by atoms with Gasteiger partial charge in [-0.05, 0) is 12.3 Å². The molecule has 0 saturated carbocycles. The molecule has 1 aromatic heterocycles. The number of nitrogens with zero attached hydrogens (tertiary/aromatic N) is 1. The van der Waals surface area contributed by atoms with E-state index in [4.69, 9.17) is 0 Å². The summed E-state index contributed by atoms with van der Waals surface area (Å²) in [6.45, 7) is 3.52. The first-order chi connectivity index (χ1) is 13.5. The van der Waals surface area contributed by atoms with Gasteiger partial charge in [-0.25, -0.2) is 4.98 Å². The first-order valence-electron chi connectivity index (χ1n) is 9.31. The predicted octanol–water partition coefficient (Wildman–Crippen LogP) is 1.81. The minimum absolute atomic E-state index is 0. The second kappa shape index (κ2) is 7.86. The summed E-state index contributed by atoms with van der Waals surface area (Å²) in [5, 5.41) is 5.14. The zero-order valence-corrected chi connectivity index (χ0v) is 22.4. The van der Waals surface area contributed by atoms with Gasteiger partial charge in [-0.1, -0.05) is 43.3 Å². The Bertz CT molecular complexity index is 1080. The van der Waals surface area contributed by atoms with Crippen molar-refractivity contribution in [1.82, 2.24) is 4.98 Å². The Morgan fingerprint density at radius 1 is 1.10 bits per heavy atom. The van der Waals surface area contributed by atoms with Crippen molar-refractivity contribution >= 4 is 28.2 Å². The first kappa shape index (κ1) is 21.1. The smallest absolute Gasteiger partial charge is 0.302 e. The Morgan fingerprint density at radius 3 is 2.24 bits per heavy atom. The minimum Gasteiger partial charge on any atom is -0.302 e. The van der Waals surface area contributed by atoms with Crippen LogP contribution in [-0.4, -0.2) is 16.7 Å². The van der Waals surface area contributed by atoms with Gasteiger partial charge >= 0.3 is 58.2 Å². The van der Waals surface area contributed by atoms with Crippen LogP contribution >= 0.6 is 11.3 Å². The van der Waals surface area contributed by atoms with Crippen LogP contribution in [0.15, 0.2) is 53.9 Å². The molecule has 2 bridgehead atoms. The molecule has 4 nitrogen and oxygen atoms in total. The molecule has 0 spiro atoms. The van der Waals surface area contributed by atoms with Crippen LogP contribution < -0.4 is 63.5 Å². The molecule has 0 radical (unpaired) electrons. The van der Waals surface area contributed by atoms with E-state index in [-0.39, 0.29) is 75.8 Å². The fraction of sp³-hybridized carbons (Fsp3) is 0.217. The number of thiazole rings is 1. The van der Waals surface area contributed by atoms with Gasteiger partial charge in [-0.15, -0.1) is 51.6 Å². The molecule has 1 atom stereocenters. The van der Waals surface area contributed by atoms with Gasteiger partial charge in [0.15, 0.2) is 10.9 Å². The van der Waals surface area contributed by atoms with E-state index >= 15 is 0 Å². The topological polar surface area (TPSA) is 59.1 Å². The zero-order valence-electron chi connectivity index (χ0n) is 16.7. The molecule has 29 heavy (non-hydrogen) atoms. The molecule has 0 aliphatic heterocycles. The third-order valence-corrected chi connectivity index (χ3v) is 6.74. The Morgan fingerprint density at radius 2 is 1.69 bits per heavy atom. The third-order valence-electron chi connectivity index (χ3n) is 5.98. The average Bonchev–Trinajstić information content (AvgIpc) is 3.17. The number of carbonyl (C=O) groups is 2. The number of hydrogen-bond donors (Lipinski definition) is 1. The number of ketones is 1. The van der Waals surface area contributed by atoms with Gasteiger partial charge in [0.2, 0.25) is 5.91 Å². The molecule has 3 aromatic rings. The molecule has 2 aromatic carbocycles.